The molecule has 1 aromatic heterocycles. The maximum atomic E-state index is 5.60. The number of aliphatic imine (C=N–C) groups is 1. The first kappa shape index (κ1) is 23.4. The number of ether oxygens (including phenoxy) is 3. The zero-order valence-corrected chi connectivity index (χ0v) is 20.3. The fourth-order valence-corrected chi connectivity index (χ4v) is 3.47. The molecule has 1 unspecified atom stereocenters. The summed E-state index contributed by atoms with van der Waals surface area (Å²) >= 11 is 0. The summed E-state index contributed by atoms with van der Waals surface area (Å²) < 4.78 is 16.4. The Balaban J connectivity index is 0.00000272. The van der Waals surface area contributed by atoms with Gasteiger partial charge in [-0.05, 0) is 43.2 Å². The lowest BCUT2D eigenvalue weighted by Crippen LogP contribution is -2.41. The summed E-state index contributed by atoms with van der Waals surface area (Å²) in [7, 11) is 0. The summed E-state index contributed by atoms with van der Waals surface area (Å²) in [4.78, 5) is 11.6. The summed E-state index contributed by atoms with van der Waals surface area (Å²) in [5, 5.41) is 6.65. The molecule has 2 aliphatic rings. The van der Waals surface area contributed by atoms with Crippen molar-refractivity contribution in [3.63, 3.8) is 0 Å². The Labute approximate surface area is 200 Å². The molecule has 4 rings (SSSR count). The van der Waals surface area contributed by atoms with Gasteiger partial charge in [-0.25, -0.2) is 9.98 Å². The van der Waals surface area contributed by atoms with Crippen LogP contribution in [0.25, 0.3) is 0 Å². The van der Waals surface area contributed by atoms with Crippen LogP contribution in [0.5, 0.6) is 11.5 Å². The minimum absolute atomic E-state index is 0. The van der Waals surface area contributed by atoms with Crippen molar-refractivity contribution < 1.29 is 14.2 Å². The highest BCUT2D eigenvalue weighted by atomic mass is 127. The highest BCUT2D eigenvalue weighted by Gasteiger charge is 2.17. The Kier molecular flexibility index (Phi) is 8.59. The van der Waals surface area contributed by atoms with Crippen LogP contribution in [0, 0.1) is 0 Å². The quantitative estimate of drug-likeness (QED) is 0.332. The first-order valence-electron chi connectivity index (χ1n) is 10.4. The van der Waals surface area contributed by atoms with Crippen LogP contribution in [0.15, 0.2) is 41.5 Å². The van der Waals surface area contributed by atoms with Gasteiger partial charge in [0, 0.05) is 32.4 Å². The van der Waals surface area contributed by atoms with Crippen LogP contribution >= 0.6 is 24.0 Å². The van der Waals surface area contributed by atoms with E-state index >= 15 is 0 Å². The van der Waals surface area contributed by atoms with Crippen molar-refractivity contribution in [2.45, 2.75) is 33.0 Å². The van der Waals surface area contributed by atoms with E-state index < -0.39 is 0 Å². The van der Waals surface area contributed by atoms with Crippen molar-refractivity contribution >= 4 is 35.8 Å². The SMILES string of the molecule is CCNC(=NCc1ccc(N2CCOC(C)C2)nc1)NCc1ccc2c(c1)OCO2.I. The van der Waals surface area contributed by atoms with Crippen molar-refractivity contribution in [1.29, 1.82) is 0 Å². The third-order valence-electron chi connectivity index (χ3n) is 5.04. The first-order valence-corrected chi connectivity index (χ1v) is 10.4. The molecule has 0 amide bonds. The van der Waals surface area contributed by atoms with Gasteiger partial charge < -0.3 is 29.7 Å². The largest absolute Gasteiger partial charge is 0.454 e. The van der Waals surface area contributed by atoms with Crippen molar-refractivity contribution in [3.8, 4) is 11.5 Å². The molecule has 168 valence electrons. The molecule has 31 heavy (non-hydrogen) atoms. The van der Waals surface area contributed by atoms with Gasteiger partial charge in [0.2, 0.25) is 6.79 Å². The number of halogens is 1. The maximum absolute atomic E-state index is 5.60. The summed E-state index contributed by atoms with van der Waals surface area (Å²) in [6, 6.07) is 10.1. The zero-order valence-electron chi connectivity index (χ0n) is 18.0. The molecule has 8 nitrogen and oxygen atoms in total. The van der Waals surface area contributed by atoms with Crippen molar-refractivity contribution in [1.82, 2.24) is 15.6 Å². The second-order valence-electron chi connectivity index (χ2n) is 7.39. The number of anilines is 1. The standard InChI is InChI=1S/C22H29N5O3.HI/c1-3-23-22(25-11-17-4-6-19-20(10-17)30-15-29-19)26-13-18-5-7-21(24-12-18)27-8-9-28-16(2)14-27;/h4-7,10,12,16H,3,8-9,11,13-15H2,1-2H3,(H2,23,25,26);1H. The van der Waals surface area contributed by atoms with E-state index in [2.05, 4.69) is 46.5 Å². The number of benzene rings is 1. The number of guanidine groups is 1. The molecule has 3 heterocycles. The first-order chi connectivity index (χ1) is 14.7. The number of nitrogens with zero attached hydrogens (tertiary/aromatic N) is 3. The minimum Gasteiger partial charge on any atom is -0.454 e. The second kappa shape index (κ2) is 11.4. The van der Waals surface area contributed by atoms with Gasteiger partial charge in [0.25, 0.3) is 0 Å². The zero-order chi connectivity index (χ0) is 20.8. The van der Waals surface area contributed by atoms with Crippen LogP contribution in [0.1, 0.15) is 25.0 Å². The lowest BCUT2D eigenvalue weighted by Gasteiger charge is -2.32. The molecule has 0 aliphatic carbocycles. The Morgan fingerprint density at radius 3 is 2.77 bits per heavy atom. The average molecular weight is 539 g/mol. The van der Waals surface area contributed by atoms with Crippen LogP contribution in [-0.4, -0.2) is 50.1 Å². The van der Waals surface area contributed by atoms with E-state index in [1.165, 1.54) is 0 Å². The molecule has 0 radical (unpaired) electrons. The Hall–Kier alpha value is -2.27. The van der Waals surface area contributed by atoms with Crippen molar-refractivity contribution in [3.05, 3.63) is 47.7 Å². The van der Waals surface area contributed by atoms with Gasteiger partial charge in [-0.15, -0.1) is 24.0 Å². The Morgan fingerprint density at radius 1 is 1.16 bits per heavy atom. The third-order valence-corrected chi connectivity index (χ3v) is 5.04. The van der Waals surface area contributed by atoms with Gasteiger partial charge in [-0.2, -0.15) is 0 Å². The summed E-state index contributed by atoms with van der Waals surface area (Å²) in [5.41, 5.74) is 2.18. The molecule has 0 saturated carbocycles. The third kappa shape index (κ3) is 6.36. The number of aromatic nitrogens is 1. The maximum Gasteiger partial charge on any atom is 0.231 e. The number of hydrogen-bond acceptors (Lipinski definition) is 6. The van der Waals surface area contributed by atoms with Gasteiger partial charge >= 0.3 is 0 Å². The Morgan fingerprint density at radius 2 is 2.00 bits per heavy atom. The van der Waals surface area contributed by atoms with Crippen molar-refractivity contribution in [2.24, 2.45) is 4.99 Å². The highest BCUT2D eigenvalue weighted by Crippen LogP contribution is 2.32. The molecule has 2 aliphatic heterocycles. The molecule has 9 heteroatoms. The van der Waals surface area contributed by atoms with E-state index in [1.807, 2.05) is 24.4 Å². The van der Waals surface area contributed by atoms with Gasteiger partial charge in [0.1, 0.15) is 5.82 Å². The predicted molar refractivity (Wildman–Crippen MR) is 131 cm³/mol. The molecule has 1 atom stereocenters. The molecule has 0 bridgehead atoms. The fraction of sp³-hybridized carbons (Fsp3) is 0.455. The number of nitrogens with one attached hydrogen (secondary N) is 2. The number of morpholine rings is 1. The molecular weight excluding hydrogens is 509 g/mol. The highest BCUT2D eigenvalue weighted by molar-refractivity contribution is 14.0. The molecular formula is C22H30IN5O3. The van der Waals surface area contributed by atoms with E-state index in [4.69, 9.17) is 19.2 Å². The smallest absolute Gasteiger partial charge is 0.231 e. The topological polar surface area (TPSA) is 80.2 Å². The minimum atomic E-state index is 0. The van der Waals surface area contributed by atoms with Crippen LogP contribution in [-0.2, 0) is 17.8 Å². The number of rotatable bonds is 6. The fourth-order valence-electron chi connectivity index (χ4n) is 3.47. The predicted octanol–water partition coefficient (Wildman–Crippen LogP) is 2.91. The van der Waals surface area contributed by atoms with Gasteiger partial charge in [-0.1, -0.05) is 12.1 Å². The molecule has 0 spiro atoms. The normalized spacial score (nSPS) is 17.8. The van der Waals surface area contributed by atoms with Gasteiger partial charge in [-0.3, -0.25) is 0 Å². The Bertz CT molecular complexity index is 878. The summed E-state index contributed by atoms with van der Waals surface area (Å²) in [6.45, 7) is 8.93. The lowest BCUT2D eigenvalue weighted by molar-refractivity contribution is 0.0529. The number of pyridine rings is 1. The van der Waals surface area contributed by atoms with E-state index in [1.54, 1.807) is 0 Å². The molecule has 2 N–H and O–H groups in total. The van der Waals surface area contributed by atoms with E-state index in [0.717, 1.165) is 60.6 Å². The molecule has 2 aromatic rings. The van der Waals surface area contributed by atoms with Gasteiger partial charge in [0.05, 0.1) is 19.3 Å². The van der Waals surface area contributed by atoms with Crippen LogP contribution in [0.3, 0.4) is 0 Å². The summed E-state index contributed by atoms with van der Waals surface area (Å²) in [6.07, 6.45) is 2.14. The second-order valence-corrected chi connectivity index (χ2v) is 7.39. The molecule has 1 saturated heterocycles. The lowest BCUT2D eigenvalue weighted by atomic mass is 10.2. The average Bonchev–Trinajstić information content (AvgIpc) is 3.24. The van der Waals surface area contributed by atoms with Crippen LogP contribution < -0.4 is 25.0 Å². The van der Waals surface area contributed by atoms with E-state index in [9.17, 15) is 0 Å². The molecule has 1 fully saturated rings. The number of fused-ring (bicyclic) bond motifs is 1. The molecule has 1 aromatic carbocycles. The van der Waals surface area contributed by atoms with E-state index in [-0.39, 0.29) is 36.9 Å². The summed E-state index contributed by atoms with van der Waals surface area (Å²) in [5.74, 6) is 3.34. The van der Waals surface area contributed by atoms with E-state index in [0.29, 0.717) is 13.1 Å². The van der Waals surface area contributed by atoms with Crippen LogP contribution in [0.4, 0.5) is 5.82 Å². The van der Waals surface area contributed by atoms with Crippen molar-refractivity contribution in [2.75, 3.05) is 37.9 Å². The monoisotopic (exact) mass is 539 g/mol. The van der Waals surface area contributed by atoms with Crippen LogP contribution in [0.2, 0.25) is 0 Å². The number of hydrogen-bond donors (Lipinski definition) is 2. The van der Waals surface area contributed by atoms with Gasteiger partial charge in [0.15, 0.2) is 17.5 Å².